The molecule has 0 spiro atoms. The molecular formula is C15H17BrN2O3. The van der Waals surface area contributed by atoms with E-state index in [2.05, 4.69) is 21.2 Å². The number of furan rings is 1. The quantitative estimate of drug-likeness (QED) is 0.866. The number of hydrogen-bond acceptors (Lipinski definition) is 4. The highest BCUT2D eigenvalue weighted by Crippen LogP contribution is 2.19. The van der Waals surface area contributed by atoms with E-state index in [-0.39, 0.29) is 11.7 Å². The minimum Gasteiger partial charge on any atom is -0.492 e. The number of nitrogens with zero attached hydrogens (tertiary/aromatic N) is 1. The Hall–Kier alpha value is -1.79. The van der Waals surface area contributed by atoms with Gasteiger partial charge >= 0.3 is 0 Å². The average Bonchev–Trinajstić information content (AvgIpc) is 2.85. The van der Waals surface area contributed by atoms with Crippen molar-refractivity contribution in [2.24, 2.45) is 0 Å². The Balaban J connectivity index is 1.96. The van der Waals surface area contributed by atoms with Gasteiger partial charge in [0.25, 0.3) is 5.91 Å². The Morgan fingerprint density at radius 1 is 1.33 bits per heavy atom. The third-order valence-electron chi connectivity index (χ3n) is 2.70. The molecule has 0 fully saturated rings. The van der Waals surface area contributed by atoms with Gasteiger partial charge in [0.2, 0.25) is 0 Å². The zero-order valence-electron chi connectivity index (χ0n) is 11.9. The first-order chi connectivity index (χ1) is 10.0. The SMILES string of the molecule is CN(C)CCOc1cccc(NC(=O)c2ccc(Br)o2)c1. The van der Waals surface area contributed by atoms with Crippen LogP contribution in [-0.2, 0) is 0 Å². The second-order valence-corrected chi connectivity index (χ2v) is 5.52. The van der Waals surface area contributed by atoms with E-state index in [1.54, 1.807) is 24.3 Å². The molecule has 6 heteroatoms. The van der Waals surface area contributed by atoms with Gasteiger partial charge in [-0.2, -0.15) is 0 Å². The zero-order chi connectivity index (χ0) is 15.2. The standard InChI is InChI=1S/C15H17BrN2O3/c1-18(2)8-9-20-12-5-3-4-11(10-12)17-15(19)13-6-7-14(16)21-13/h3-7,10H,8-9H2,1-2H3,(H,17,19). The summed E-state index contributed by atoms with van der Waals surface area (Å²) in [7, 11) is 3.98. The average molecular weight is 353 g/mol. The van der Waals surface area contributed by atoms with E-state index in [1.165, 1.54) is 0 Å². The van der Waals surface area contributed by atoms with E-state index in [0.717, 1.165) is 12.3 Å². The molecule has 2 rings (SSSR count). The number of ether oxygens (including phenoxy) is 1. The number of amides is 1. The monoisotopic (exact) mass is 352 g/mol. The Bertz CT molecular complexity index is 610. The van der Waals surface area contributed by atoms with Crippen LogP contribution < -0.4 is 10.1 Å². The van der Waals surface area contributed by atoms with Gasteiger partial charge in [0.15, 0.2) is 10.4 Å². The second kappa shape index (κ2) is 7.28. The molecular weight excluding hydrogens is 336 g/mol. The van der Waals surface area contributed by atoms with Crippen LogP contribution >= 0.6 is 15.9 Å². The summed E-state index contributed by atoms with van der Waals surface area (Å²) in [4.78, 5) is 14.0. The summed E-state index contributed by atoms with van der Waals surface area (Å²) in [5.41, 5.74) is 0.662. The van der Waals surface area contributed by atoms with Gasteiger partial charge in [-0.15, -0.1) is 0 Å². The van der Waals surface area contributed by atoms with Crippen LogP contribution in [-0.4, -0.2) is 38.1 Å². The number of benzene rings is 1. The lowest BCUT2D eigenvalue weighted by Crippen LogP contribution is -2.19. The molecule has 2 aromatic rings. The minimum atomic E-state index is -0.300. The van der Waals surface area contributed by atoms with Crippen molar-refractivity contribution < 1.29 is 13.9 Å². The van der Waals surface area contributed by atoms with Crippen LogP contribution in [0, 0.1) is 0 Å². The van der Waals surface area contributed by atoms with Crippen molar-refractivity contribution >= 4 is 27.5 Å². The number of carbonyl (C=O) groups excluding carboxylic acids is 1. The Kier molecular flexibility index (Phi) is 5.41. The molecule has 0 radical (unpaired) electrons. The maximum absolute atomic E-state index is 12.0. The highest BCUT2D eigenvalue weighted by atomic mass is 79.9. The molecule has 0 aliphatic rings. The lowest BCUT2D eigenvalue weighted by molar-refractivity contribution is 0.0995. The third-order valence-corrected chi connectivity index (χ3v) is 3.12. The summed E-state index contributed by atoms with van der Waals surface area (Å²) in [6.07, 6.45) is 0. The van der Waals surface area contributed by atoms with Crippen molar-refractivity contribution in [2.75, 3.05) is 32.6 Å². The summed E-state index contributed by atoms with van der Waals surface area (Å²) in [5.74, 6) is 0.669. The van der Waals surface area contributed by atoms with Crippen LogP contribution in [0.25, 0.3) is 0 Å². The Morgan fingerprint density at radius 3 is 2.81 bits per heavy atom. The van der Waals surface area contributed by atoms with Gasteiger partial charge in [-0.05, 0) is 54.3 Å². The van der Waals surface area contributed by atoms with Crippen molar-refractivity contribution in [3.8, 4) is 5.75 Å². The number of rotatable bonds is 6. The highest BCUT2D eigenvalue weighted by molar-refractivity contribution is 9.10. The maximum atomic E-state index is 12.0. The molecule has 0 aliphatic heterocycles. The first kappa shape index (κ1) is 15.6. The summed E-state index contributed by atoms with van der Waals surface area (Å²) in [5, 5.41) is 2.77. The molecule has 1 amide bonds. The van der Waals surface area contributed by atoms with Crippen LogP contribution in [0.15, 0.2) is 45.5 Å². The second-order valence-electron chi connectivity index (χ2n) is 4.74. The molecule has 0 atom stereocenters. The maximum Gasteiger partial charge on any atom is 0.291 e. The van der Waals surface area contributed by atoms with Crippen LogP contribution in [0.1, 0.15) is 10.6 Å². The number of anilines is 1. The molecule has 1 N–H and O–H groups in total. The fourth-order valence-corrected chi connectivity index (χ4v) is 1.95. The fraction of sp³-hybridized carbons (Fsp3) is 0.267. The number of hydrogen-bond donors (Lipinski definition) is 1. The normalized spacial score (nSPS) is 10.7. The van der Waals surface area contributed by atoms with Gasteiger partial charge in [0, 0.05) is 18.3 Å². The van der Waals surface area contributed by atoms with Gasteiger partial charge < -0.3 is 19.4 Å². The lowest BCUT2D eigenvalue weighted by Gasteiger charge is -2.11. The molecule has 0 unspecified atom stereocenters. The molecule has 1 heterocycles. The topological polar surface area (TPSA) is 54.7 Å². The van der Waals surface area contributed by atoms with Crippen molar-refractivity contribution in [2.45, 2.75) is 0 Å². The molecule has 112 valence electrons. The summed E-state index contributed by atoms with van der Waals surface area (Å²) < 4.78 is 11.4. The summed E-state index contributed by atoms with van der Waals surface area (Å²) in [6, 6.07) is 10.6. The van der Waals surface area contributed by atoms with Crippen LogP contribution in [0.2, 0.25) is 0 Å². The highest BCUT2D eigenvalue weighted by Gasteiger charge is 2.10. The predicted octanol–water partition coefficient (Wildman–Crippen LogP) is 3.23. The van der Waals surface area contributed by atoms with Gasteiger partial charge in [-0.25, -0.2) is 0 Å². The first-order valence-corrected chi connectivity index (χ1v) is 7.28. The molecule has 0 saturated heterocycles. The third kappa shape index (κ3) is 4.91. The van der Waals surface area contributed by atoms with Crippen molar-refractivity contribution in [1.29, 1.82) is 0 Å². The Labute approximate surface area is 132 Å². The van der Waals surface area contributed by atoms with E-state index in [1.807, 2.05) is 31.1 Å². The number of likely N-dealkylation sites (N-methyl/N-ethyl adjacent to an activating group) is 1. The van der Waals surface area contributed by atoms with Gasteiger partial charge in [0.05, 0.1) is 0 Å². The molecule has 5 nitrogen and oxygen atoms in total. The van der Waals surface area contributed by atoms with Crippen LogP contribution in [0.4, 0.5) is 5.69 Å². The number of halogens is 1. The van der Waals surface area contributed by atoms with E-state index >= 15 is 0 Å². The molecule has 1 aromatic heterocycles. The zero-order valence-corrected chi connectivity index (χ0v) is 13.5. The van der Waals surface area contributed by atoms with Gasteiger partial charge in [-0.3, -0.25) is 4.79 Å². The molecule has 0 bridgehead atoms. The van der Waals surface area contributed by atoms with Crippen LogP contribution in [0.5, 0.6) is 5.75 Å². The molecule has 0 saturated carbocycles. The summed E-state index contributed by atoms with van der Waals surface area (Å²) in [6.45, 7) is 1.42. The van der Waals surface area contributed by atoms with E-state index in [0.29, 0.717) is 17.0 Å². The predicted molar refractivity (Wildman–Crippen MR) is 84.9 cm³/mol. The van der Waals surface area contributed by atoms with Crippen molar-refractivity contribution in [3.63, 3.8) is 0 Å². The molecule has 21 heavy (non-hydrogen) atoms. The van der Waals surface area contributed by atoms with E-state index in [9.17, 15) is 4.79 Å². The first-order valence-electron chi connectivity index (χ1n) is 6.49. The lowest BCUT2D eigenvalue weighted by atomic mass is 10.3. The van der Waals surface area contributed by atoms with Gasteiger partial charge in [0.1, 0.15) is 12.4 Å². The smallest absolute Gasteiger partial charge is 0.291 e. The van der Waals surface area contributed by atoms with E-state index in [4.69, 9.17) is 9.15 Å². The summed E-state index contributed by atoms with van der Waals surface area (Å²) >= 11 is 3.17. The largest absolute Gasteiger partial charge is 0.492 e. The number of nitrogens with one attached hydrogen (secondary N) is 1. The number of carbonyl (C=O) groups is 1. The van der Waals surface area contributed by atoms with Crippen LogP contribution in [0.3, 0.4) is 0 Å². The fourth-order valence-electron chi connectivity index (χ4n) is 1.64. The van der Waals surface area contributed by atoms with Crippen molar-refractivity contribution in [3.05, 3.63) is 46.8 Å². The molecule has 0 aliphatic carbocycles. The minimum absolute atomic E-state index is 0.251. The molecule has 1 aromatic carbocycles. The Morgan fingerprint density at radius 2 is 2.14 bits per heavy atom. The van der Waals surface area contributed by atoms with Gasteiger partial charge in [-0.1, -0.05) is 6.07 Å². The van der Waals surface area contributed by atoms with Crippen molar-refractivity contribution in [1.82, 2.24) is 4.90 Å². The van der Waals surface area contributed by atoms with E-state index < -0.39 is 0 Å².